The summed E-state index contributed by atoms with van der Waals surface area (Å²) in [6.45, 7) is 4.28. The summed E-state index contributed by atoms with van der Waals surface area (Å²) in [5, 5.41) is 22.9. The van der Waals surface area contributed by atoms with E-state index in [0.29, 0.717) is 6.42 Å². The Kier molecular flexibility index (Phi) is 35.9. The van der Waals surface area contributed by atoms with Gasteiger partial charge in [0.2, 0.25) is 5.91 Å². The van der Waals surface area contributed by atoms with E-state index in [1.807, 2.05) is 6.08 Å². The van der Waals surface area contributed by atoms with Crippen LogP contribution in [0.5, 0.6) is 0 Å². The molecule has 0 radical (unpaired) electrons. The summed E-state index contributed by atoms with van der Waals surface area (Å²) in [7, 11) is 0. The van der Waals surface area contributed by atoms with Crippen molar-refractivity contribution in [2.24, 2.45) is 0 Å². The van der Waals surface area contributed by atoms with Crippen molar-refractivity contribution in [1.82, 2.24) is 5.32 Å². The zero-order valence-corrected chi connectivity index (χ0v) is 30.1. The molecule has 4 nitrogen and oxygen atoms in total. The van der Waals surface area contributed by atoms with Crippen LogP contribution < -0.4 is 5.32 Å². The van der Waals surface area contributed by atoms with Crippen LogP contribution in [-0.2, 0) is 4.79 Å². The molecule has 0 rings (SSSR count). The fourth-order valence-corrected chi connectivity index (χ4v) is 5.78. The highest BCUT2D eigenvalue weighted by molar-refractivity contribution is 5.76. The third kappa shape index (κ3) is 33.8. The highest BCUT2D eigenvalue weighted by atomic mass is 16.3. The van der Waals surface area contributed by atoms with E-state index in [1.165, 1.54) is 148 Å². The Morgan fingerprint density at radius 1 is 0.511 bits per heavy atom. The van der Waals surface area contributed by atoms with Crippen molar-refractivity contribution in [3.63, 3.8) is 0 Å². The summed E-state index contributed by atoms with van der Waals surface area (Å²) in [4.78, 5) is 12.3. The van der Waals surface area contributed by atoms with Gasteiger partial charge in [-0.05, 0) is 57.8 Å². The summed E-state index contributed by atoms with van der Waals surface area (Å²) < 4.78 is 0. The molecule has 0 aromatic heterocycles. The van der Waals surface area contributed by atoms with Crippen LogP contribution in [0.15, 0.2) is 36.5 Å². The standard InChI is InChI=1S/C41H77NO3/c1-3-5-7-9-11-13-15-17-18-19-20-21-22-23-25-27-29-31-33-35-37-41(45)42-39(38-43)40(44)36-34-32-30-28-26-24-16-14-12-10-8-6-4-2/h20-21,26,28,34,36,39-40,43-44H,3-19,22-25,27,29-33,35,37-38H2,1-2H3,(H,42,45)/b21-20-,28-26+,36-34+. The maximum absolute atomic E-state index is 12.3. The number of hydrogen-bond donors (Lipinski definition) is 3. The van der Waals surface area contributed by atoms with Gasteiger partial charge in [0.15, 0.2) is 0 Å². The molecule has 1 amide bonds. The Balaban J connectivity index is 3.62. The lowest BCUT2D eigenvalue weighted by atomic mass is 10.1. The Morgan fingerprint density at radius 3 is 1.29 bits per heavy atom. The Bertz CT molecular complexity index is 686. The fraction of sp³-hybridized carbons (Fsp3) is 0.829. The van der Waals surface area contributed by atoms with Gasteiger partial charge in [0.1, 0.15) is 0 Å². The zero-order chi connectivity index (χ0) is 32.9. The van der Waals surface area contributed by atoms with Gasteiger partial charge in [-0.1, -0.05) is 172 Å². The number of allylic oxidation sites excluding steroid dienone is 5. The molecule has 2 unspecified atom stereocenters. The molecule has 0 aromatic carbocycles. The van der Waals surface area contributed by atoms with Crippen LogP contribution >= 0.6 is 0 Å². The molecule has 0 saturated heterocycles. The van der Waals surface area contributed by atoms with Gasteiger partial charge in [-0.2, -0.15) is 0 Å². The van der Waals surface area contributed by atoms with Crippen molar-refractivity contribution in [2.75, 3.05) is 6.61 Å². The second-order valence-corrected chi connectivity index (χ2v) is 13.3. The molecule has 2 atom stereocenters. The van der Waals surface area contributed by atoms with Crippen molar-refractivity contribution >= 4 is 5.91 Å². The number of unbranched alkanes of at least 4 members (excludes halogenated alkanes) is 24. The quantitative estimate of drug-likeness (QED) is 0.0481. The van der Waals surface area contributed by atoms with E-state index in [9.17, 15) is 15.0 Å². The van der Waals surface area contributed by atoms with Crippen LogP contribution in [0, 0.1) is 0 Å². The number of hydrogen-bond acceptors (Lipinski definition) is 3. The molecule has 45 heavy (non-hydrogen) atoms. The molecule has 4 heteroatoms. The van der Waals surface area contributed by atoms with Crippen molar-refractivity contribution < 1.29 is 15.0 Å². The molecule has 0 fully saturated rings. The van der Waals surface area contributed by atoms with Gasteiger partial charge in [-0.15, -0.1) is 0 Å². The van der Waals surface area contributed by atoms with Crippen LogP contribution in [0.1, 0.15) is 200 Å². The Labute approximate surface area is 281 Å². The SMILES string of the molecule is CCCCCCCCC/C=C/CC/C=C/C(O)C(CO)NC(=O)CCCCCCCCC/C=C\CCCCCCCCCCC. The third-order valence-electron chi connectivity index (χ3n) is 8.85. The normalized spacial score (nSPS) is 13.4. The van der Waals surface area contributed by atoms with Crippen LogP contribution in [0.2, 0.25) is 0 Å². The van der Waals surface area contributed by atoms with Gasteiger partial charge in [-0.3, -0.25) is 4.79 Å². The molecule has 0 bridgehead atoms. The van der Waals surface area contributed by atoms with Gasteiger partial charge < -0.3 is 15.5 Å². The molecular weight excluding hydrogens is 554 g/mol. The summed E-state index contributed by atoms with van der Waals surface area (Å²) in [5.41, 5.74) is 0. The summed E-state index contributed by atoms with van der Waals surface area (Å²) in [5.74, 6) is -0.0796. The van der Waals surface area contributed by atoms with Crippen molar-refractivity contribution in [2.45, 2.75) is 212 Å². The molecule has 0 saturated carbocycles. The molecule has 0 aromatic rings. The number of aliphatic hydroxyl groups excluding tert-OH is 2. The summed E-state index contributed by atoms with van der Waals surface area (Å²) in [6.07, 6.45) is 48.1. The second kappa shape index (κ2) is 37.1. The number of rotatable bonds is 35. The van der Waals surface area contributed by atoms with E-state index < -0.39 is 12.1 Å². The first-order valence-electron chi connectivity index (χ1n) is 19.7. The second-order valence-electron chi connectivity index (χ2n) is 13.3. The van der Waals surface area contributed by atoms with Crippen molar-refractivity contribution in [3.05, 3.63) is 36.5 Å². The first kappa shape index (κ1) is 43.6. The van der Waals surface area contributed by atoms with Crippen LogP contribution in [-0.4, -0.2) is 34.9 Å². The molecule has 0 spiro atoms. The van der Waals surface area contributed by atoms with E-state index in [4.69, 9.17) is 0 Å². The van der Waals surface area contributed by atoms with Gasteiger partial charge in [-0.25, -0.2) is 0 Å². The molecule has 3 N–H and O–H groups in total. The monoisotopic (exact) mass is 632 g/mol. The van der Waals surface area contributed by atoms with E-state index in [-0.39, 0.29) is 12.5 Å². The van der Waals surface area contributed by atoms with Crippen molar-refractivity contribution in [3.8, 4) is 0 Å². The van der Waals surface area contributed by atoms with Crippen molar-refractivity contribution in [1.29, 1.82) is 0 Å². The third-order valence-corrected chi connectivity index (χ3v) is 8.85. The number of nitrogens with one attached hydrogen (secondary N) is 1. The maximum atomic E-state index is 12.3. The lowest BCUT2D eigenvalue weighted by Gasteiger charge is -2.19. The lowest BCUT2D eigenvalue weighted by molar-refractivity contribution is -0.123. The lowest BCUT2D eigenvalue weighted by Crippen LogP contribution is -2.45. The number of carbonyl (C=O) groups is 1. The molecule has 0 aliphatic carbocycles. The van der Waals surface area contributed by atoms with Crippen LogP contribution in [0.3, 0.4) is 0 Å². The Hall–Kier alpha value is -1.39. The van der Waals surface area contributed by atoms with E-state index in [2.05, 4.69) is 43.5 Å². The summed E-state index contributed by atoms with van der Waals surface area (Å²) in [6, 6.07) is -0.638. The van der Waals surface area contributed by atoms with E-state index >= 15 is 0 Å². The molecular formula is C41H77NO3. The first-order valence-corrected chi connectivity index (χ1v) is 19.7. The van der Waals surface area contributed by atoms with Crippen LogP contribution in [0.25, 0.3) is 0 Å². The molecule has 0 aliphatic heterocycles. The maximum Gasteiger partial charge on any atom is 0.220 e. The van der Waals surface area contributed by atoms with Gasteiger partial charge in [0.05, 0.1) is 18.8 Å². The highest BCUT2D eigenvalue weighted by Crippen LogP contribution is 2.13. The summed E-state index contributed by atoms with van der Waals surface area (Å²) >= 11 is 0. The largest absolute Gasteiger partial charge is 0.394 e. The average Bonchev–Trinajstić information content (AvgIpc) is 3.04. The minimum atomic E-state index is -0.861. The number of aliphatic hydroxyl groups is 2. The molecule has 0 heterocycles. The van der Waals surface area contributed by atoms with Gasteiger partial charge in [0, 0.05) is 6.42 Å². The highest BCUT2D eigenvalue weighted by Gasteiger charge is 2.17. The topological polar surface area (TPSA) is 69.6 Å². The first-order chi connectivity index (χ1) is 22.2. The predicted molar refractivity (Wildman–Crippen MR) is 198 cm³/mol. The minimum Gasteiger partial charge on any atom is -0.394 e. The van der Waals surface area contributed by atoms with Crippen LogP contribution in [0.4, 0.5) is 0 Å². The average molecular weight is 632 g/mol. The zero-order valence-electron chi connectivity index (χ0n) is 30.1. The van der Waals surface area contributed by atoms with E-state index in [1.54, 1.807) is 6.08 Å². The minimum absolute atomic E-state index is 0.0796. The number of amides is 1. The predicted octanol–water partition coefficient (Wildman–Crippen LogP) is 11.8. The molecule has 0 aliphatic rings. The smallest absolute Gasteiger partial charge is 0.220 e. The molecule has 264 valence electrons. The fourth-order valence-electron chi connectivity index (χ4n) is 5.78. The van der Waals surface area contributed by atoms with E-state index in [0.717, 1.165) is 32.1 Å². The van der Waals surface area contributed by atoms with Gasteiger partial charge >= 0.3 is 0 Å². The van der Waals surface area contributed by atoms with Gasteiger partial charge in [0.25, 0.3) is 0 Å². The number of carbonyl (C=O) groups excluding carboxylic acids is 1. The Morgan fingerprint density at radius 2 is 0.867 bits per heavy atom.